The minimum absolute atomic E-state index is 0.586. The Kier molecular flexibility index (Phi) is 5.15. The lowest BCUT2D eigenvalue weighted by Crippen LogP contribution is -2.07. The Labute approximate surface area is 127 Å². The lowest BCUT2D eigenvalue weighted by Gasteiger charge is -2.06. The molecular weight excluding hydrogens is 321 g/mol. The summed E-state index contributed by atoms with van der Waals surface area (Å²) in [7, 11) is 1.50. The predicted octanol–water partition coefficient (Wildman–Crippen LogP) is 3.94. The number of methoxy groups -OCH3 is 1. The van der Waals surface area contributed by atoms with E-state index in [1.165, 1.54) is 13.3 Å². The first kappa shape index (κ1) is 16.7. The van der Waals surface area contributed by atoms with E-state index in [-0.39, 0.29) is 0 Å². The molecule has 122 valence electrons. The molecule has 0 aliphatic heterocycles. The maximum atomic E-state index is 13.4. The van der Waals surface area contributed by atoms with Crippen LogP contribution in [0, 0.1) is 29.1 Å². The summed E-state index contributed by atoms with van der Waals surface area (Å²) in [4.78, 5) is 4.59. The summed E-state index contributed by atoms with van der Waals surface area (Å²) >= 11 is 0. The van der Waals surface area contributed by atoms with Gasteiger partial charge in [-0.3, -0.25) is 0 Å². The highest BCUT2D eigenvalue weighted by atomic mass is 19.2. The first-order chi connectivity index (χ1) is 11.0. The van der Waals surface area contributed by atoms with Crippen molar-refractivity contribution in [3.8, 4) is 5.75 Å². The van der Waals surface area contributed by atoms with Crippen LogP contribution in [0.1, 0.15) is 11.1 Å². The van der Waals surface area contributed by atoms with Gasteiger partial charge in [-0.05, 0) is 29.8 Å². The molecule has 0 fully saturated rings. The molecule has 0 N–H and O–H groups in total. The Hall–Kier alpha value is -2.64. The van der Waals surface area contributed by atoms with E-state index in [2.05, 4.69) is 9.99 Å². The number of rotatable bonds is 5. The van der Waals surface area contributed by atoms with Gasteiger partial charge >= 0.3 is 0 Å². The molecular formula is C15H10F5NO2. The fourth-order valence-electron chi connectivity index (χ4n) is 1.67. The van der Waals surface area contributed by atoms with Crippen LogP contribution in [0.4, 0.5) is 22.0 Å². The summed E-state index contributed by atoms with van der Waals surface area (Å²) in [6.07, 6.45) is 1.21. The Morgan fingerprint density at radius 2 is 1.39 bits per heavy atom. The number of hydrogen-bond acceptors (Lipinski definition) is 3. The van der Waals surface area contributed by atoms with Gasteiger partial charge in [0, 0.05) is 0 Å². The van der Waals surface area contributed by atoms with E-state index in [9.17, 15) is 22.0 Å². The van der Waals surface area contributed by atoms with E-state index in [0.717, 1.165) is 0 Å². The standard InChI is InChI=1S/C15H10F5NO2/c1-22-9-4-2-8(3-5-9)6-21-23-7-10-11(16)13(18)15(20)14(19)12(10)17/h2-6H,7H2,1H3/b21-6+. The van der Waals surface area contributed by atoms with Gasteiger partial charge in [-0.2, -0.15) is 0 Å². The number of hydrogen-bond donors (Lipinski definition) is 0. The summed E-state index contributed by atoms with van der Waals surface area (Å²) in [5, 5.41) is 3.42. The largest absolute Gasteiger partial charge is 0.497 e. The molecule has 2 aromatic rings. The predicted molar refractivity (Wildman–Crippen MR) is 71.6 cm³/mol. The monoisotopic (exact) mass is 331 g/mol. The highest BCUT2D eigenvalue weighted by molar-refractivity contribution is 5.79. The Morgan fingerprint density at radius 3 is 1.91 bits per heavy atom. The molecule has 8 heteroatoms. The fraction of sp³-hybridized carbons (Fsp3) is 0.133. The summed E-state index contributed by atoms with van der Waals surface area (Å²) in [5.74, 6) is -9.54. The quantitative estimate of drug-likeness (QED) is 0.273. The van der Waals surface area contributed by atoms with Gasteiger partial charge in [0.1, 0.15) is 12.4 Å². The van der Waals surface area contributed by atoms with Crippen molar-refractivity contribution in [1.82, 2.24) is 0 Å². The van der Waals surface area contributed by atoms with Gasteiger partial charge in [-0.25, -0.2) is 22.0 Å². The average molecular weight is 331 g/mol. The zero-order valence-electron chi connectivity index (χ0n) is 11.7. The van der Waals surface area contributed by atoms with Crippen molar-refractivity contribution < 1.29 is 31.5 Å². The summed E-state index contributed by atoms with van der Waals surface area (Å²) in [5.41, 5.74) is -0.503. The van der Waals surface area contributed by atoms with E-state index >= 15 is 0 Å². The first-order valence-electron chi connectivity index (χ1n) is 6.25. The van der Waals surface area contributed by atoms with Crippen LogP contribution in [0.5, 0.6) is 5.75 Å². The number of nitrogens with zero attached hydrogens (tertiary/aromatic N) is 1. The minimum Gasteiger partial charge on any atom is -0.497 e. The van der Waals surface area contributed by atoms with Crippen LogP contribution >= 0.6 is 0 Å². The number of oxime groups is 1. The summed E-state index contributed by atoms with van der Waals surface area (Å²) in [6, 6.07) is 6.55. The van der Waals surface area contributed by atoms with Crippen molar-refractivity contribution in [2.75, 3.05) is 7.11 Å². The molecule has 3 nitrogen and oxygen atoms in total. The second kappa shape index (κ2) is 7.08. The van der Waals surface area contributed by atoms with Crippen molar-refractivity contribution in [3.63, 3.8) is 0 Å². The smallest absolute Gasteiger partial charge is 0.200 e. The Balaban J connectivity index is 2.08. The molecule has 0 spiro atoms. The van der Waals surface area contributed by atoms with Gasteiger partial charge in [0.2, 0.25) is 5.82 Å². The molecule has 0 atom stereocenters. The SMILES string of the molecule is COc1ccc(/C=N/OCc2c(F)c(F)c(F)c(F)c2F)cc1. The molecule has 2 aromatic carbocycles. The van der Waals surface area contributed by atoms with Crippen LogP contribution in [-0.4, -0.2) is 13.3 Å². The highest BCUT2D eigenvalue weighted by Crippen LogP contribution is 2.23. The average Bonchev–Trinajstić information content (AvgIpc) is 2.58. The molecule has 0 radical (unpaired) electrons. The number of halogens is 5. The molecule has 0 aliphatic carbocycles. The zero-order chi connectivity index (χ0) is 17.0. The lowest BCUT2D eigenvalue weighted by atomic mass is 10.2. The van der Waals surface area contributed by atoms with Crippen molar-refractivity contribution in [1.29, 1.82) is 0 Å². The van der Waals surface area contributed by atoms with Gasteiger partial charge in [-0.15, -0.1) is 0 Å². The lowest BCUT2D eigenvalue weighted by molar-refractivity contribution is 0.124. The molecule has 0 heterocycles. The normalized spacial score (nSPS) is 11.0. The van der Waals surface area contributed by atoms with Gasteiger partial charge < -0.3 is 9.57 Å². The van der Waals surface area contributed by atoms with Crippen LogP contribution in [0.25, 0.3) is 0 Å². The molecule has 0 bridgehead atoms. The zero-order valence-corrected chi connectivity index (χ0v) is 11.7. The molecule has 0 saturated heterocycles. The van der Waals surface area contributed by atoms with Crippen LogP contribution in [-0.2, 0) is 11.4 Å². The van der Waals surface area contributed by atoms with Crippen LogP contribution < -0.4 is 4.74 Å². The topological polar surface area (TPSA) is 30.8 Å². The van der Waals surface area contributed by atoms with Crippen molar-refractivity contribution in [2.24, 2.45) is 5.16 Å². The van der Waals surface area contributed by atoms with E-state index in [1.54, 1.807) is 24.3 Å². The van der Waals surface area contributed by atoms with Crippen molar-refractivity contribution >= 4 is 6.21 Å². The Morgan fingerprint density at radius 1 is 0.870 bits per heavy atom. The maximum absolute atomic E-state index is 13.4. The van der Waals surface area contributed by atoms with Crippen LogP contribution in [0.15, 0.2) is 29.4 Å². The Bertz CT molecular complexity index is 703. The molecule has 0 aliphatic rings. The molecule has 0 saturated carbocycles. The van der Waals surface area contributed by atoms with E-state index in [4.69, 9.17) is 4.74 Å². The van der Waals surface area contributed by atoms with Gasteiger partial charge in [0.25, 0.3) is 0 Å². The van der Waals surface area contributed by atoms with Crippen molar-refractivity contribution in [2.45, 2.75) is 6.61 Å². The van der Waals surface area contributed by atoms with E-state index in [0.29, 0.717) is 11.3 Å². The van der Waals surface area contributed by atoms with E-state index in [1.807, 2.05) is 0 Å². The van der Waals surface area contributed by atoms with Gasteiger partial charge in [-0.1, -0.05) is 5.16 Å². The third-order valence-electron chi connectivity index (χ3n) is 2.90. The molecule has 2 rings (SSSR count). The molecule has 23 heavy (non-hydrogen) atoms. The minimum atomic E-state index is -2.22. The van der Waals surface area contributed by atoms with Crippen molar-refractivity contribution in [3.05, 3.63) is 64.5 Å². The number of benzene rings is 2. The first-order valence-corrected chi connectivity index (χ1v) is 6.25. The summed E-state index contributed by atoms with van der Waals surface area (Å²) < 4.78 is 70.5. The number of ether oxygens (including phenoxy) is 1. The molecule has 0 amide bonds. The third-order valence-corrected chi connectivity index (χ3v) is 2.90. The molecule has 0 aromatic heterocycles. The maximum Gasteiger partial charge on any atom is 0.200 e. The second-order valence-electron chi connectivity index (χ2n) is 4.33. The van der Waals surface area contributed by atoms with Crippen LogP contribution in [0.3, 0.4) is 0 Å². The van der Waals surface area contributed by atoms with Gasteiger partial charge in [0.15, 0.2) is 23.3 Å². The van der Waals surface area contributed by atoms with Crippen LogP contribution in [0.2, 0.25) is 0 Å². The fourth-order valence-corrected chi connectivity index (χ4v) is 1.67. The highest BCUT2D eigenvalue weighted by Gasteiger charge is 2.25. The molecule has 0 unspecified atom stereocenters. The summed E-state index contributed by atoms with van der Waals surface area (Å²) in [6.45, 7) is -0.904. The van der Waals surface area contributed by atoms with Gasteiger partial charge in [0.05, 0.1) is 18.9 Å². The second-order valence-corrected chi connectivity index (χ2v) is 4.33. The third kappa shape index (κ3) is 3.58. The van der Waals surface area contributed by atoms with E-state index < -0.39 is 41.3 Å².